The summed E-state index contributed by atoms with van der Waals surface area (Å²) < 4.78 is 24.8. The summed E-state index contributed by atoms with van der Waals surface area (Å²) in [6, 6.07) is 10.5. The Labute approximate surface area is 198 Å². The van der Waals surface area contributed by atoms with Crippen LogP contribution in [0.3, 0.4) is 0 Å². The highest BCUT2D eigenvalue weighted by Gasteiger charge is 2.32. The Balaban J connectivity index is 1.21. The van der Waals surface area contributed by atoms with E-state index in [1.807, 2.05) is 13.0 Å². The third kappa shape index (κ3) is 4.37. The van der Waals surface area contributed by atoms with E-state index in [2.05, 4.69) is 22.3 Å². The van der Waals surface area contributed by atoms with Crippen molar-refractivity contribution in [3.8, 4) is 0 Å². The van der Waals surface area contributed by atoms with Gasteiger partial charge in [0.05, 0.1) is 12.2 Å². The van der Waals surface area contributed by atoms with E-state index in [1.165, 1.54) is 17.7 Å². The number of ether oxygens (including phenoxy) is 2. The largest absolute Gasteiger partial charge is 0.487 e. The van der Waals surface area contributed by atoms with Gasteiger partial charge < -0.3 is 19.7 Å². The standard InChI is InChI=1S/C26H28FN3O4/c1-2-33-26(32)30-12-10-29(11-13-30)9-3-4-17-5-7-20-18(14-17)16-34-24(20)23-21-15-19(27)6-8-22(21)28-25(23)31/h5-8,14-15H,2-4,9-13,16H2,1H3,(H,28,31). The normalized spacial score (nSPS) is 19.5. The number of amides is 2. The molecule has 0 atom stereocenters. The fraction of sp³-hybridized carbons (Fsp3) is 0.385. The van der Waals surface area contributed by atoms with Crippen molar-refractivity contribution < 1.29 is 23.5 Å². The van der Waals surface area contributed by atoms with Gasteiger partial charge in [0.15, 0.2) is 0 Å². The zero-order valence-electron chi connectivity index (χ0n) is 19.2. The molecular formula is C26H28FN3O4. The van der Waals surface area contributed by atoms with Crippen molar-refractivity contribution in [3.63, 3.8) is 0 Å². The number of rotatable bonds is 5. The van der Waals surface area contributed by atoms with E-state index < -0.39 is 0 Å². The summed E-state index contributed by atoms with van der Waals surface area (Å²) >= 11 is 0. The van der Waals surface area contributed by atoms with Gasteiger partial charge >= 0.3 is 6.09 Å². The van der Waals surface area contributed by atoms with Crippen LogP contribution in [0.15, 0.2) is 36.4 Å². The lowest BCUT2D eigenvalue weighted by atomic mass is 9.98. The van der Waals surface area contributed by atoms with Gasteiger partial charge in [-0.15, -0.1) is 0 Å². The minimum absolute atomic E-state index is 0.222. The van der Waals surface area contributed by atoms with E-state index in [0.29, 0.717) is 48.9 Å². The number of aryl methyl sites for hydroxylation is 1. The van der Waals surface area contributed by atoms with Gasteiger partial charge in [-0.1, -0.05) is 18.2 Å². The fourth-order valence-electron chi connectivity index (χ4n) is 4.82. The topological polar surface area (TPSA) is 71.1 Å². The smallest absolute Gasteiger partial charge is 0.409 e. The molecule has 3 aliphatic heterocycles. The SMILES string of the molecule is CCOC(=O)N1CCN(CCCc2ccc3c(c2)COC3=C2C(=O)Nc3ccc(F)cc32)CC1. The van der Waals surface area contributed by atoms with Gasteiger partial charge in [0.1, 0.15) is 18.2 Å². The molecular weight excluding hydrogens is 437 g/mol. The zero-order valence-corrected chi connectivity index (χ0v) is 19.2. The number of carbonyl (C=O) groups is 2. The molecule has 0 bridgehead atoms. The molecule has 2 aromatic rings. The lowest BCUT2D eigenvalue weighted by Gasteiger charge is -2.34. The zero-order chi connectivity index (χ0) is 23.7. The Bertz CT molecular complexity index is 1150. The van der Waals surface area contributed by atoms with Crippen LogP contribution in [0.2, 0.25) is 0 Å². The van der Waals surface area contributed by atoms with Gasteiger partial charge in [-0.05, 0) is 50.1 Å². The quantitative estimate of drug-likeness (QED) is 0.679. The first-order chi connectivity index (χ1) is 16.5. The minimum atomic E-state index is -0.385. The minimum Gasteiger partial charge on any atom is -0.487 e. The number of fused-ring (bicyclic) bond motifs is 2. The van der Waals surface area contributed by atoms with Crippen LogP contribution < -0.4 is 5.32 Å². The number of nitrogens with zero attached hydrogens (tertiary/aromatic N) is 2. The number of anilines is 1. The maximum absolute atomic E-state index is 13.8. The van der Waals surface area contributed by atoms with Gasteiger partial charge in [-0.25, -0.2) is 9.18 Å². The van der Waals surface area contributed by atoms with Gasteiger partial charge in [-0.3, -0.25) is 9.69 Å². The van der Waals surface area contributed by atoms with Gasteiger partial charge in [-0.2, -0.15) is 0 Å². The second kappa shape index (κ2) is 9.46. The highest BCUT2D eigenvalue weighted by atomic mass is 19.1. The van der Waals surface area contributed by atoms with Crippen LogP contribution in [0.5, 0.6) is 0 Å². The van der Waals surface area contributed by atoms with E-state index in [1.54, 1.807) is 11.0 Å². The molecule has 0 radical (unpaired) electrons. The molecule has 3 aliphatic rings. The van der Waals surface area contributed by atoms with Crippen molar-refractivity contribution in [2.24, 2.45) is 0 Å². The highest BCUT2D eigenvalue weighted by molar-refractivity contribution is 6.36. The van der Waals surface area contributed by atoms with Crippen LogP contribution in [0.25, 0.3) is 11.3 Å². The number of piperazine rings is 1. The van der Waals surface area contributed by atoms with Crippen LogP contribution in [-0.4, -0.2) is 61.1 Å². The van der Waals surface area contributed by atoms with E-state index in [-0.39, 0.29) is 17.8 Å². The number of benzene rings is 2. The van der Waals surface area contributed by atoms with E-state index in [4.69, 9.17) is 9.47 Å². The van der Waals surface area contributed by atoms with E-state index in [9.17, 15) is 14.0 Å². The Hall–Kier alpha value is -3.39. The van der Waals surface area contributed by atoms with Crippen molar-refractivity contribution in [2.45, 2.75) is 26.4 Å². The van der Waals surface area contributed by atoms with Crippen LogP contribution >= 0.6 is 0 Å². The van der Waals surface area contributed by atoms with Gasteiger partial charge in [0, 0.05) is 48.6 Å². The van der Waals surface area contributed by atoms with Crippen molar-refractivity contribution in [1.29, 1.82) is 0 Å². The van der Waals surface area contributed by atoms with Crippen LogP contribution in [0, 0.1) is 5.82 Å². The van der Waals surface area contributed by atoms with Crippen molar-refractivity contribution in [2.75, 3.05) is 44.6 Å². The molecule has 8 heteroatoms. The summed E-state index contributed by atoms with van der Waals surface area (Å²) in [5.74, 6) is -0.136. The van der Waals surface area contributed by atoms with Crippen LogP contribution in [-0.2, 0) is 27.3 Å². The average Bonchev–Trinajstić information content (AvgIpc) is 3.38. The first kappa shape index (κ1) is 22.4. The summed E-state index contributed by atoms with van der Waals surface area (Å²) in [5.41, 5.74) is 4.69. The fourth-order valence-corrected chi connectivity index (χ4v) is 4.82. The molecule has 2 aromatic carbocycles. The molecule has 2 amide bonds. The second-order valence-electron chi connectivity index (χ2n) is 8.76. The van der Waals surface area contributed by atoms with Crippen LogP contribution in [0.1, 0.15) is 35.6 Å². The Morgan fingerprint density at radius 3 is 2.74 bits per heavy atom. The third-order valence-electron chi connectivity index (χ3n) is 6.58. The molecule has 1 saturated heterocycles. The summed E-state index contributed by atoms with van der Waals surface area (Å²) in [7, 11) is 0. The lowest BCUT2D eigenvalue weighted by Crippen LogP contribution is -2.49. The van der Waals surface area contributed by atoms with Crippen LogP contribution in [0.4, 0.5) is 14.9 Å². The maximum atomic E-state index is 13.8. The molecule has 3 heterocycles. The molecule has 1 fully saturated rings. The monoisotopic (exact) mass is 465 g/mol. The molecule has 0 spiro atoms. The molecule has 34 heavy (non-hydrogen) atoms. The summed E-state index contributed by atoms with van der Waals surface area (Å²) in [6.45, 7) is 6.72. The van der Waals surface area contributed by atoms with Crippen molar-refractivity contribution >= 4 is 29.0 Å². The second-order valence-corrected chi connectivity index (χ2v) is 8.76. The molecule has 0 unspecified atom stereocenters. The molecule has 0 aliphatic carbocycles. The predicted octanol–water partition coefficient (Wildman–Crippen LogP) is 3.88. The molecule has 0 saturated carbocycles. The van der Waals surface area contributed by atoms with Crippen molar-refractivity contribution in [3.05, 3.63) is 64.5 Å². The first-order valence-corrected chi connectivity index (χ1v) is 11.8. The van der Waals surface area contributed by atoms with Gasteiger partial charge in [0.25, 0.3) is 5.91 Å². The first-order valence-electron chi connectivity index (χ1n) is 11.8. The molecule has 0 aromatic heterocycles. The molecule has 5 rings (SSSR count). The van der Waals surface area contributed by atoms with Crippen molar-refractivity contribution in [1.82, 2.24) is 9.80 Å². The number of hydrogen-bond donors (Lipinski definition) is 1. The number of halogens is 1. The molecule has 7 nitrogen and oxygen atoms in total. The lowest BCUT2D eigenvalue weighted by molar-refractivity contribution is -0.110. The predicted molar refractivity (Wildman–Crippen MR) is 126 cm³/mol. The highest BCUT2D eigenvalue weighted by Crippen LogP contribution is 2.42. The average molecular weight is 466 g/mol. The third-order valence-corrected chi connectivity index (χ3v) is 6.58. The number of nitrogens with one attached hydrogen (secondary N) is 1. The number of hydrogen-bond acceptors (Lipinski definition) is 5. The summed E-state index contributed by atoms with van der Waals surface area (Å²) in [4.78, 5) is 28.6. The Kier molecular flexibility index (Phi) is 6.24. The summed E-state index contributed by atoms with van der Waals surface area (Å²) in [6.07, 6.45) is 1.73. The Morgan fingerprint density at radius 1 is 1.12 bits per heavy atom. The molecule has 1 N–H and O–H groups in total. The van der Waals surface area contributed by atoms with E-state index in [0.717, 1.165) is 43.6 Å². The Morgan fingerprint density at radius 2 is 1.94 bits per heavy atom. The van der Waals surface area contributed by atoms with E-state index >= 15 is 0 Å². The summed E-state index contributed by atoms with van der Waals surface area (Å²) in [5, 5.41) is 2.79. The molecule has 178 valence electrons. The number of carbonyl (C=O) groups excluding carboxylic acids is 2. The van der Waals surface area contributed by atoms with Gasteiger partial charge in [0.2, 0.25) is 0 Å². The maximum Gasteiger partial charge on any atom is 0.409 e.